The van der Waals surface area contributed by atoms with Crippen molar-refractivity contribution in [2.75, 3.05) is 27.9 Å². The van der Waals surface area contributed by atoms with Crippen LogP contribution < -0.4 is 15.5 Å². The number of hydrogen-bond acceptors (Lipinski definition) is 5. The summed E-state index contributed by atoms with van der Waals surface area (Å²) >= 11 is 1.83. The second-order valence-corrected chi connectivity index (χ2v) is 9.02. The third-order valence-electron chi connectivity index (χ3n) is 6.13. The molecule has 2 amide bonds. The Balaban J connectivity index is 1.54. The van der Waals surface area contributed by atoms with E-state index in [4.69, 9.17) is 10.5 Å². The summed E-state index contributed by atoms with van der Waals surface area (Å²) in [6.45, 7) is 1.96. The second kappa shape index (κ2) is 8.01. The average molecular weight is 426 g/mol. The Bertz CT molecular complexity index is 785. The molecular weight excluding hydrogens is 400 g/mol. The molecule has 0 saturated carbocycles. The predicted octanol–water partition coefficient (Wildman–Crippen LogP) is 3.28. The van der Waals surface area contributed by atoms with Gasteiger partial charge in [-0.2, -0.15) is 11.8 Å². The number of fused-ring (bicyclic) bond motifs is 2. The molecule has 3 aliphatic rings. The Hall–Kier alpha value is -2.03. The van der Waals surface area contributed by atoms with E-state index in [9.17, 15) is 18.4 Å². The molecule has 4 rings (SSSR count). The third-order valence-corrected chi connectivity index (χ3v) is 7.37. The molecule has 6 nitrogen and oxygen atoms in total. The number of cyclic esters (lactones) is 1. The summed E-state index contributed by atoms with van der Waals surface area (Å²) in [5.74, 6) is -0.438. The topological polar surface area (TPSA) is 75.9 Å². The summed E-state index contributed by atoms with van der Waals surface area (Å²) in [6, 6.07) is 2.70. The van der Waals surface area contributed by atoms with Crippen molar-refractivity contribution in [1.29, 1.82) is 0 Å². The van der Waals surface area contributed by atoms with Crippen molar-refractivity contribution in [3.8, 4) is 0 Å². The first-order chi connectivity index (χ1) is 13.9. The maximum Gasteiger partial charge on any atom is 0.414 e. The van der Waals surface area contributed by atoms with Crippen molar-refractivity contribution >= 4 is 35.1 Å². The summed E-state index contributed by atoms with van der Waals surface area (Å²) < 4.78 is 35.3. The van der Waals surface area contributed by atoms with Crippen LogP contribution in [0.3, 0.4) is 0 Å². The fourth-order valence-corrected chi connectivity index (χ4v) is 5.94. The van der Waals surface area contributed by atoms with E-state index >= 15 is 0 Å². The second-order valence-electron chi connectivity index (χ2n) is 7.95. The van der Waals surface area contributed by atoms with Crippen LogP contribution in [0, 0.1) is 17.6 Å². The molecular formula is C20H25F2N3O3S. The van der Waals surface area contributed by atoms with E-state index in [1.807, 2.05) is 23.6 Å². The normalized spacial score (nSPS) is 27.3. The SMILES string of the molecule is CCC(C[C@H]1CN(c2cc(F)c(N3C4CCC3CSC4)c(F)c2)C(=O)O1)C(N)=O. The van der Waals surface area contributed by atoms with Crippen molar-refractivity contribution in [2.24, 2.45) is 11.7 Å². The van der Waals surface area contributed by atoms with Gasteiger partial charge in [-0.15, -0.1) is 0 Å². The van der Waals surface area contributed by atoms with Gasteiger partial charge in [0.05, 0.1) is 12.2 Å². The van der Waals surface area contributed by atoms with E-state index in [1.54, 1.807) is 0 Å². The maximum absolute atomic E-state index is 15.0. The zero-order valence-corrected chi connectivity index (χ0v) is 17.1. The van der Waals surface area contributed by atoms with Crippen molar-refractivity contribution in [2.45, 2.75) is 50.8 Å². The van der Waals surface area contributed by atoms with Gasteiger partial charge in [0.1, 0.15) is 11.8 Å². The number of benzene rings is 1. The van der Waals surface area contributed by atoms with Gasteiger partial charge in [0.15, 0.2) is 11.6 Å². The largest absolute Gasteiger partial charge is 0.444 e. The molecule has 1 aromatic rings. The van der Waals surface area contributed by atoms with E-state index in [-0.39, 0.29) is 30.0 Å². The summed E-state index contributed by atoms with van der Waals surface area (Å²) in [4.78, 5) is 26.8. The standard InChI is InChI=1S/C20H25F2N3O3S/c1-2-11(19(23)26)5-15-8-24(20(27)28-15)14-6-16(21)18(17(22)7-14)25-12-3-4-13(25)10-29-9-12/h6-7,11-13,15H,2-5,8-10H2,1H3,(H2,23,26)/t11?,12?,13?,15-/m0/s1. The number of halogens is 2. The Labute approximate surface area is 172 Å². The number of carbonyl (C=O) groups is 2. The number of rotatable bonds is 6. The molecule has 4 atom stereocenters. The van der Waals surface area contributed by atoms with Crippen LogP contribution in [0.15, 0.2) is 12.1 Å². The Morgan fingerprint density at radius 1 is 1.28 bits per heavy atom. The zero-order valence-electron chi connectivity index (χ0n) is 16.3. The molecule has 0 spiro atoms. The van der Waals surface area contributed by atoms with Gasteiger partial charge >= 0.3 is 6.09 Å². The van der Waals surface area contributed by atoms with Crippen LogP contribution in [0.2, 0.25) is 0 Å². The van der Waals surface area contributed by atoms with E-state index in [1.165, 1.54) is 17.0 Å². The molecule has 3 saturated heterocycles. The monoisotopic (exact) mass is 425 g/mol. The van der Waals surface area contributed by atoms with E-state index in [0.717, 1.165) is 24.3 Å². The fourth-order valence-electron chi connectivity index (χ4n) is 4.60. The molecule has 29 heavy (non-hydrogen) atoms. The van der Waals surface area contributed by atoms with Gasteiger partial charge < -0.3 is 15.4 Å². The first-order valence-electron chi connectivity index (χ1n) is 10.0. The predicted molar refractivity (Wildman–Crippen MR) is 108 cm³/mol. The average Bonchev–Trinajstić information content (AvgIpc) is 3.14. The number of nitrogens with two attached hydrogens (primary N) is 1. The number of hydrogen-bond donors (Lipinski definition) is 1. The lowest BCUT2D eigenvalue weighted by Crippen LogP contribution is -2.43. The molecule has 3 aliphatic heterocycles. The van der Waals surface area contributed by atoms with Gasteiger partial charge in [0, 0.05) is 41.6 Å². The Kier molecular flexibility index (Phi) is 5.59. The lowest BCUT2D eigenvalue weighted by Gasteiger charge is -2.37. The number of carbonyl (C=O) groups excluding carboxylic acids is 2. The van der Waals surface area contributed by atoms with Gasteiger partial charge in [-0.25, -0.2) is 13.6 Å². The van der Waals surface area contributed by atoms with Gasteiger partial charge in [0.2, 0.25) is 5.91 Å². The fraction of sp³-hybridized carbons (Fsp3) is 0.600. The molecule has 2 bridgehead atoms. The van der Waals surface area contributed by atoms with E-state index in [2.05, 4.69) is 0 Å². The molecule has 3 fully saturated rings. The van der Waals surface area contributed by atoms with Crippen molar-refractivity contribution < 1.29 is 23.1 Å². The van der Waals surface area contributed by atoms with Gasteiger partial charge in [-0.3, -0.25) is 9.69 Å². The van der Waals surface area contributed by atoms with Gasteiger partial charge in [-0.1, -0.05) is 6.92 Å². The van der Waals surface area contributed by atoms with E-state index in [0.29, 0.717) is 12.8 Å². The summed E-state index contributed by atoms with van der Waals surface area (Å²) in [7, 11) is 0. The number of thioether (sulfide) groups is 1. The molecule has 9 heteroatoms. The summed E-state index contributed by atoms with van der Waals surface area (Å²) in [6.07, 6.45) is 1.51. The van der Waals surface area contributed by atoms with Crippen LogP contribution in [-0.2, 0) is 9.53 Å². The highest BCUT2D eigenvalue weighted by Gasteiger charge is 2.40. The smallest absolute Gasteiger partial charge is 0.414 e. The molecule has 2 N–H and O–H groups in total. The van der Waals surface area contributed by atoms with Crippen LogP contribution in [-0.4, -0.2) is 48.2 Å². The minimum atomic E-state index is -0.671. The molecule has 3 heterocycles. The third kappa shape index (κ3) is 3.76. The van der Waals surface area contributed by atoms with Crippen LogP contribution in [0.5, 0.6) is 0 Å². The van der Waals surface area contributed by atoms with Crippen LogP contribution in [0.25, 0.3) is 0 Å². The van der Waals surface area contributed by atoms with E-state index < -0.39 is 35.7 Å². The van der Waals surface area contributed by atoms with Crippen molar-refractivity contribution in [3.05, 3.63) is 23.8 Å². The first kappa shape index (κ1) is 20.3. The zero-order chi connectivity index (χ0) is 20.7. The van der Waals surface area contributed by atoms with Gasteiger partial charge in [0.25, 0.3) is 0 Å². The molecule has 0 aromatic heterocycles. The number of ether oxygens (including phenoxy) is 1. The van der Waals surface area contributed by atoms with Crippen LogP contribution >= 0.6 is 11.8 Å². The number of amides is 2. The molecule has 0 radical (unpaired) electrons. The highest BCUT2D eigenvalue weighted by Crippen LogP contribution is 2.41. The first-order valence-corrected chi connectivity index (χ1v) is 11.2. The van der Waals surface area contributed by atoms with Crippen molar-refractivity contribution in [3.63, 3.8) is 0 Å². The highest BCUT2D eigenvalue weighted by atomic mass is 32.2. The van der Waals surface area contributed by atoms with Crippen molar-refractivity contribution in [1.82, 2.24) is 0 Å². The Morgan fingerprint density at radius 3 is 2.45 bits per heavy atom. The molecule has 158 valence electrons. The Morgan fingerprint density at radius 2 is 1.90 bits per heavy atom. The minimum Gasteiger partial charge on any atom is -0.444 e. The summed E-state index contributed by atoms with van der Waals surface area (Å²) in [5.41, 5.74) is 5.49. The lowest BCUT2D eigenvalue weighted by molar-refractivity contribution is -0.122. The highest BCUT2D eigenvalue weighted by molar-refractivity contribution is 7.99. The van der Waals surface area contributed by atoms with Crippen LogP contribution in [0.1, 0.15) is 32.6 Å². The quantitative estimate of drug-likeness (QED) is 0.757. The van der Waals surface area contributed by atoms with Gasteiger partial charge in [-0.05, 0) is 25.7 Å². The summed E-state index contributed by atoms with van der Waals surface area (Å²) in [5, 5.41) is 0. The molecule has 3 unspecified atom stereocenters. The minimum absolute atomic E-state index is 0.00504. The molecule has 1 aromatic carbocycles. The number of primary amides is 1. The molecule has 0 aliphatic carbocycles. The number of nitrogens with zero attached hydrogens (tertiary/aromatic N) is 2. The number of anilines is 2. The maximum atomic E-state index is 15.0. The lowest BCUT2D eigenvalue weighted by atomic mass is 9.98. The van der Waals surface area contributed by atoms with Crippen LogP contribution in [0.4, 0.5) is 25.0 Å².